The van der Waals surface area contributed by atoms with E-state index < -0.39 is 0 Å². The molecule has 1 amide bonds. The molecule has 4 aliphatic rings. The summed E-state index contributed by atoms with van der Waals surface area (Å²) in [6.45, 7) is 11.3. The molecule has 4 aliphatic carbocycles. The van der Waals surface area contributed by atoms with Gasteiger partial charge in [0, 0.05) is 33.6 Å². The van der Waals surface area contributed by atoms with E-state index in [4.69, 9.17) is 14.2 Å². The van der Waals surface area contributed by atoms with Crippen LogP contribution in [0.25, 0.3) is 0 Å². The van der Waals surface area contributed by atoms with Crippen molar-refractivity contribution in [3.63, 3.8) is 0 Å². The molecular weight excluding hydrogens is 498 g/mol. The fraction of sp³-hybridized carbons (Fsp3) is 0.806. The van der Waals surface area contributed by atoms with Gasteiger partial charge in [0.15, 0.2) is 0 Å². The highest BCUT2D eigenvalue weighted by atomic mass is 16.5. The molecule has 8 nitrogen and oxygen atoms in total. The van der Waals surface area contributed by atoms with Crippen LogP contribution in [0.4, 0.5) is 0 Å². The van der Waals surface area contributed by atoms with E-state index in [0.717, 1.165) is 44.9 Å². The van der Waals surface area contributed by atoms with Crippen LogP contribution in [-0.4, -0.2) is 48.7 Å². The van der Waals surface area contributed by atoms with Gasteiger partial charge in [0.05, 0.1) is 12.6 Å². The van der Waals surface area contributed by atoms with E-state index in [9.17, 15) is 19.2 Å². The van der Waals surface area contributed by atoms with Crippen LogP contribution < -0.4 is 5.32 Å². The Morgan fingerprint density at radius 3 is 2.44 bits per heavy atom. The van der Waals surface area contributed by atoms with Gasteiger partial charge in [0.25, 0.3) is 0 Å². The van der Waals surface area contributed by atoms with Crippen LogP contribution in [0.1, 0.15) is 99.3 Å². The number of rotatable bonds is 8. The first kappa shape index (κ1) is 29.6. The number of carbonyl (C=O) groups excluding carboxylic acids is 4. The first-order valence-electron chi connectivity index (χ1n) is 14.8. The molecular formula is C31H47NO7. The number of hydrogen-bond acceptors (Lipinski definition) is 7. The predicted octanol–water partition coefficient (Wildman–Crippen LogP) is 4.89. The van der Waals surface area contributed by atoms with Crippen molar-refractivity contribution in [2.24, 2.45) is 34.5 Å². The lowest BCUT2D eigenvalue weighted by atomic mass is 9.48. The normalized spacial score (nSPS) is 37.7. The first-order chi connectivity index (χ1) is 18.3. The second-order valence-electron chi connectivity index (χ2n) is 13.2. The smallest absolute Gasteiger partial charge is 0.306 e. The lowest BCUT2D eigenvalue weighted by Gasteiger charge is -2.57. The number of carbonyl (C=O) groups is 4. The Morgan fingerprint density at radius 2 is 1.77 bits per heavy atom. The number of allylic oxidation sites excluding steroid dienone is 1. The minimum absolute atomic E-state index is 0.0246. The molecule has 0 bridgehead atoms. The molecule has 3 saturated carbocycles. The third-order valence-electron chi connectivity index (χ3n) is 10.5. The molecule has 3 fully saturated rings. The Balaban J connectivity index is 1.47. The van der Waals surface area contributed by atoms with E-state index in [1.807, 2.05) is 6.92 Å². The van der Waals surface area contributed by atoms with Gasteiger partial charge in [0.2, 0.25) is 5.91 Å². The fourth-order valence-electron chi connectivity index (χ4n) is 8.48. The minimum Gasteiger partial charge on any atom is -0.466 e. The van der Waals surface area contributed by atoms with Crippen LogP contribution >= 0.6 is 0 Å². The van der Waals surface area contributed by atoms with E-state index >= 15 is 0 Å². The summed E-state index contributed by atoms with van der Waals surface area (Å²) in [6, 6.07) is -0.207. The molecule has 0 aromatic heterocycles. The molecule has 1 N–H and O–H groups in total. The van der Waals surface area contributed by atoms with Crippen LogP contribution in [0.2, 0.25) is 0 Å². The van der Waals surface area contributed by atoms with Gasteiger partial charge in [-0.2, -0.15) is 0 Å². The minimum atomic E-state index is -0.350. The number of amides is 1. The van der Waals surface area contributed by atoms with Crippen molar-refractivity contribution in [1.82, 2.24) is 5.32 Å². The summed E-state index contributed by atoms with van der Waals surface area (Å²) in [5, 5.41) is 3.18. The zero-order chi connectivity index (χ0) is 28.5. The summed E-state index contributed by atoms with van der Waals surface area (Å²) in [7, 11) is 0. The topological polar surface area (TPSA) is 108 Å². The standard InChI is InChI=1S/C31H47NO7/c1-18(17-37-20(3)34)7-10-28(36)39-27-16-26-24-9-8-22-15-23(38-21(4)35)11-13-30(22,5)25(24)12-14-31(26,6)29(27)32-19(2)33/h8,18,23-27,29H,7,9-17H2,1-6H3,(H,32,33)/t18-,23+,24+,25-,26-,27-,29?,30-,31-/m0/s1. The third-order valence-corrected chi connectivity index (χ3v) is 10.5. The zero-order valence-corrected chi connectivity index (χ0v) is 24.5. The maximum atomic E-state index is 12.9. The number of hydrogen-bond donors (Lipinski definition) is 1. The second-order valence-corrected chi connectivity index (χ2v) is 13.2. The number of ether oxygens (including phenoxy) is 3. The molecule has 0 saturated heterocycles. The highest BCUT2D eigenvalue weighted by Gasteiger charge is 2.62. The van der Waals surface area contributed by atoms with Gasteiger partial charge in [-0.25, -0.2) is 0 Å². The van der Waals surface area contributed by atoms with Crippen LogP contribution in [0.15, 0.2) is 11.6 Å². The monoisotopic (exact) mass is 545 g/mol. The Kier molecular flexibility index (Phi) is 8.82. The molecule has 1 unspecified atom stereocenters. The van der Waals surface area contributed by atoms with Crippen LogP contribution in [-0.2, 0) is 33.4 Å². The molecule has 218 valence electrons. The van der Waals surface area contributed by atoms with Gasteiger partial charge in [-0.05, 0) is 79.4 Å². The van der Waals surface area contributed by atoms with Crippen molar-refractivity contribution < 1.29 is 33.4 Å². The van der Waals surface area contributed by atoms with Gasteiger partial charge in [0.1, 0.15) is 12.2 Å². The molecule has 9 atom stereocenters. The lowest BCUT2D eigenvalue weighted by Crippen LogP contribution is -2.55. The molecule has 0 aliphatic heterocycles. The molecule has 0 aromatic rings. The zero-order valence-electron chi connectivity index (χ0n) is 24.5. The molecule has 4 rings (SSSR count). The van der Waals surface area contributed by atoms with Gasteiger partial charge in [-0.1, -0.05) is 32.4 Å². The molecule has 0 spiro atoms. The van der Waals surface area contributed by atoms with Crippen molar-refractivity contribution >= 4 is 23.8 Å². The summed E-state index contributed by atoms with van der Waals surface area (Å²) in [6.07, 6.45) is 9.38. The molecule has 0 radical (unpaired) electrons. The molecule has 8 heteroatoms. The average molecular weight is 546 g/mol. The summed E-state index contributed by atoms with van der Waals surface area (Å²) < 4.78 is 16.7. The van der Waals surface area contributed by atoms with E-state index in [1.165, 1.54) is 26.3 Å². The number of fused-ring (bicyclic) bond motifs is 5. The van der Waals surface area contributed by atoms with Crippen LogP contribution in [0, 0.1) is 34.5 Å². The molecule has 0 heterocycles. The summed E-state index contributed by atoms with van der Waals surface area (Å²) >= 11 is 0. The second kappa shape index (κ2) is 11.6. The number of esters is 3. The van der Waals surface area contributed by atoms with Gasteiger partial charge in [-0.15, -0.1) is 0 Å². The van der Waals surface area contributed by atoms with Crippen molar-refractivity contribution in [1.29, 1.82) is 0 Å². The largest absolute Gasteiger partial charge is 0.466 e. The van der Waals surface area contributed by atoms with E-state index in [2.05, 4.69) is 25.2 Å². The van der Waals surface area contributed by atoms with Gasteiger partial charge in [-0.3, -0.25) is 19.2 Å². The van der Waals surface area contributed by atoms with Crippen molar-refractivity contribution in [2.45, 2.75) is 118 Å². The Hall–Kier alpha value is -2.38. The highest BCUT2D eigenvalue weighted by molar-refractivity contribution is 5.74. The number of nitrogens with one attached hydrogen (secondary N) is 1. The van der Waals surface area contributed by atoms with Crippen molar-refractivity contribution in [3.05, 3.63) is 11.6 Å². The van der Waals surface area contributed by atoms with E-state index in [-0.39, 0.29) is 65.2 Å². The molecule has 0 aromatic carbocycles. The maximum absolute atomic E-state index is 12.9. The molecule has 39 heavy (non-hydrogen) atoms. The quantitative estimate of drug-likeness (QED) is 0.263. The van der Waals surface area contributed by atoms with Crippen LogP contribution in [0.3, 0.4) is 0 Å². The SMILES string of the molecule is CC(=O)NC1[C@@H](OC(=O)CC[C@H](C)COC(C)=O)C[C@H]2[C@@H]3CC=C4C[C@H](OC(C)=O)CC[C@]4(C)[C@H]3CC[C@]12C. The van der Waals surface area contributed by atoms with Gasteiger partial charge >= 0.3 is 17.9 Å². The average Bonchev–Trinajstić information content (AvgIpc) is 3.12. The van der Waals surface area contributed by atoms with E-state index in [0.29, 0.717) is 30.8 Å². The highest BCUT2D eigenvalue weighted by Crippen LogP contribution is 2.65. The van der Waals surface area contributed by atoms with Crippen LogP contribution in [0.5, 0.6) is 0 Å². The first-order valence-corrected chi connectivity index (χ1v) is 14.8. The van der Waals surface area contributed by atoms with Gasteiger partial charge < -0.3 is 19.5 Å². The Labute approximate surface area is 233 Å². The fourth-order valence-corrected chi connectivity index (χ4v) is 8.48. The predicted molar refractivity (Wildman–Crippen MR) is 145 cm³/mol. The Morgan fingerprint density at radius 1 is 1.03 bits per heavy atom. The summed E-state index contributed by atoms with van der Waals surface area (Å²) in [4.78, 5) is 47.8. The van der Waals surface area contributed by atoms with Crippen molar-refractivity contribution in [3.8, 4) is 0 Å². The Bertz CT molecular complexity index is 1010. The maximum Gasteiger partial charge on any atom is 0.306 e. The van der Waals surface area contributed by atoms with E-state index in [1.54, 1.807) is 0 Å². The lowest BCUT2D eigenvalue weighted by molar-refractivity contribution is -0.152. The van der Waals surface area contributed by atoms with Crippen molar-refractivity contribution in [2.75, 3.05) is 6.61 Å². The summed E-state index contributed by atoms with van der Waals surface area (Å²) in [5.41, 5.74) is 1.39. The third kappa shape index (κ3) is 6.19. The summed E-state index contributed by atoms with van der Waals surface area (Å²) in [5.74, 6) is 0.521.